The molecule has 2 N–H and O–H groups in total. The zero-order valence-corrected chi connectivity index (χ0v) is 20.3. The van der Waals surface area contributed by atoms with E-state index in [2.05, 4.69) is 10.4 Å². The number of rotatable bonds is 6. The van der Waals surface area contributed by atoms with Gasteiger partial charge in [-0.15, -0.1) is 0 Å². The number of nitrogens with zero attached hydrogens (tertiary/aromatic N) is 1. The van der Waals surface area contributed by atoms with Gasteiger partial charge in [-0.05, 0) is 48.0 Å². The fourth-order valence-corrected chi connectivity index (χ4v) is 3.75. The number of hydrogen-bond donors (Lipinski definition) is 2. The van der Waals surface area contributed by atoms with Crippen molar-refractivity contribution < 1.29 is 35.5 Å². The van der Waals surface area contributed by atoms with Gasteiger partial charge in [0.15, 0.2) is 0 Å². The Balaban J connectivity index is 1.99. The van der Waals surface area contributed by atoms with E-state index in [-0.39, 0.29) is 32.9 Å². The first kappa shape index (κ1) is 28.5. The number of benzene rings is 2. The van der Waals surface area contributed by atoms with E-state index in [0.717, 1.165) is 18.2 Å². The van der Waals surface area contributed by atoms with Gasteiger partial charge in [-0.3, -0.25) is 20.6 Å². The van der Waals surface area contributed by atoms with Crippen molar-refractivity contribution in [3.63, 3.8) is 0 Å². The van der Waals surface area contributed by atoms with Crippen LogP contribution in [0.15, 0.2) is 60.9 Å². The van der Waals surface area contributed by atoms with E-state index in [1.807, 2.05) is 5.43 Å². The van der Waals surface area contributed by atoms with Crippen molar-refractivity contribution in [2.45, 2.75) is 18.3 Å². The van der Waals surface area contributed by atoms with Crippen LogP contribution >= 0.6 is 34.8 Å². The molecule has 2 aromatic carbocycles. The van der Waals surface area contributed by atoms with Crippen molar-refractivity contribution in [1.82, 2.24) is 10.4 Å². The number of anilines is 1. The summed E-state index contributed by atoms with van der Waals surface area (Å²) in [6.45, 7) is 0. The van der Waals surface area contributed by atoms with Gasteiger partial charge in [-0.25, -0.2) is 4.39 Å². The zero-order chi connectivity index (χ0) is 27.5. The molecule has 0 bridgehead atoms. The average molecular weight is 587 g/mol. The number of carbonyl (C=O) groups excluding carboxylic acids is 1. The lowest BCUT2D eigenvalue weighted by molar-refractivity contribution is -0.140. The Bertz CT molecular complexity index is 1310. The SMILES string of the molecule is O=C(NNc1cccnc1)c1ccc(C(F)=CC(c2cc(Cl)c(Cl)c(Cl)c2)C(F)(F)F)cc1C(F)(F)F. The summed E-state index contributed by atoms with van der Waals surface area (Å²) in [7, 11) is 0. The molecule has 1 amide bonds. The van der Waals surface area contributed by atoms with Crippen molar-refractivity contribution in [3.8, 4) is 0 Å². The third kappa shape index (κ3) is 7.06. The first-order valence-electron chi connectivity index (χ1n) is 9.95. The van der Waals surface area contributed by atoms with E-state index in [1.165, 1.54) is 24.5 Å². The van der Waals surface area contributed by atoms with Gasteiger partial charge in [-0.1, -0.05) is 40.9 Å². The normalized spacial score (nSPS) is 13.3. The molecule has 1 aromatic heterocycles. The zero-order valence-electron chi connectivity index (χ0n) is 18.0. The van der Waals surface area contributed by atoms with Crippen LogP contribution in [0.5, 0.6) is 0 Å². The summed E-state index contributed by atoms with van der Waals surface area (Å²) >= 11 is 17.3. The fourth-order valence-electron chi connectivity index (χ4n) is 3.14. The van der Waals surface area contributed by atoms with E-state index in [1.54, 1.807) is 0 Å². The third-order valence-electron chi connectivity index (χ3n) is 4.86. The molecule has 0 spiro atoms. The molecule has 196 valence electrons. The first-order chi connectivity index (χ1) is 17.2. The molecule has 1 unspecified atom stereocenters. The summed E-state index contributed by atoms with van der Waals surface area (Å²) < 4.78 is 97.2. The van der Waals surface area contributed by atoms with Crippen LogP contribution in [-0.2, 0) is 6.18 Å². The maximum Gasteiger partial charge on any atom is 0.417 e. The molecular weight excluding hydrogens is 574 g/mol. The predicted molar refractivity (Wildman–Crippen MR) is 126 cm³/mol. The largest absolute Gasteiger partial charge is 0.417 e. The highest BCUT2D eigenvalue weighted by atomic mass is 35.5. The maximum absolute atomic E-state index is 14.9. The lowest BCUT2D eigenvalue weighted by atomic mass is 9.95. The number of halogens is 10. The Morgan fingerprint density at radius 2 is 1.62 bits per heavy atom. The van der Waals surface area contributed by atoms with Gasteiger partial charge in [0.1, 0.15) is 11.7 Å². The van der Waals surface area contributed by atoms with E-state index >= 15 is 0 Å². The molecule has 0 aliphatic rings. The summed E-state index contributed by atoms with van der Waals surface area (Å²) in [4.78, 5) is 16.1. The Labute approximate surface area is 220 Å². The molecular formula is C23H13Cl3F7N3O. The van der Waals surface area contributed by atoms with Gasteiger partial charge in [0.2, 0.25) is 0 Å². The quantitative estimate of drug-likeness (QED) is 0.173. The molecule has 0 radical (unpaired) electrons. The van der Waals surface area contributed by atoms with Crippen LogP contribution in [0.4, 0.5) is 36.4 Å². The average Bonchev–Trinajstić information content (AvgIpc) is 2.83. The second-order valence-electron chi connectivity index (χ2n) is 7.41. The molecule has 0 fully saturated rings. The van der Waals surface area contributed by atoms with E-state index in [4.69, 9.17) is 34.8 Å². The van der Waals surface area contributed by atoms with Crippen LogP contribution in [0.1, 0.15) is 33.0 Å². The van der Waals surface area contributed by atoms with E-state index in [0.29, 0.717) is 6.07 Å². The maximum atomic E-state index is 14.9. The number of nitrogens with one attached hydrogen (secondary N) is 2. The summed E-state index contributed by atoms with van der Waals surface area (Å²) in [6, 6.07) is 6.24. The van der Waals surface area contributed by atoms with Crippen LogP contribution < -0.4 is 10.9 Å². The van der Waals surface area contributed by atoms with Crippen LogP contribution in [0.3, 0.4) is 0 Å². The molecule has 4 nitrogen and oxygen atoms in total. The topological polar surface area (TPSA) is 54.0 Å². The second-order valence-corrected chi connectivity index (χ2v) is 8.60. The van der Waals surface area contributed by atoms with Crippen molar-refractivity contribution in [1.29, 1.82) is 0 Å². The van der Waals surface area contributed by atoms with Gasteiger partial charge in [0.25, 0.3) is 5.91 Å². The third-order valence-corrected chi connectivity index (χ3v) is 6.06. The first-order valence-corrected chi connectivity index (χ1v) is 11.1. The lowest BCUT2D eigenvalue weighted by Crippen LogP contribution is -2.31. The number of allylic oxidation sites excluding steroid dienone is 1. The summed E-state index contributed by atoms with van der Waals surface area (Å²) in [6.07, 6.45) is -7.42. The Hall–Kier alpha value is -3.02. The van der Waals surface area contributed by atoms with Gasteiger partial charge >= 0.3 is 12.4 Å². The molecule has 0 saturated heterocycles. The molecule has 3 aromatic rings. The summed E-state index contributed by atoms with van der Waals surface area (Å²) in [5.41, 5.74) is 0.766. The summed E-state index contributed by atoms with van der Waals surface area (Å²) in [5, 5.41) is -0.886. The Morgan fingerprint density at radius 3 is 2.16 bits per heavy atom. The molecule has 0 saturated carbocycles. The molecule has 0 aliphatic carbocycles. The molecule has 14 heteroatoms. The monoisotopic (exact) mass is 585 g/mol. The highest BCUT2D eigenvalue weighted by molar-refractivity contribution is 6.48. The smallest absolute Gasteiger partial charge is 0.297 e. The minimum Gasteiger partial charge on any atom is -0.297 e. The van der Waals surface area contributed by atoms with Crippen molar-refractivity contribution in [2.24, 2.45) is 0 Å². The molecule has 1 atom stereocenters. The second kappa shape index (κ2) is 11.2. The van der Waals surface area contributed by atoms with Crippen molar-refractivity contribution in [2.75, 3.05) is 5.43 Å². The van der Waals surface area contributed by atoms with Crippen molar-refractivity contribution >= 4 is 52.2 Å². The van der Waals surface area contributed by atoms with E-state index in [9.17, 15) is 35.5 Å². The molecule has 0 aliphatic heterocycles. The number of hydrazine groups is 1. The fraction of sp³-hybridized carbons (Fsp3) is 0.130. The molecule has 3 rings (SSSR count). The molecule has 37 heavy (non-hydrogen) atoms. The predicted octanol–water partition coefficient (Wildman–Crippen LogP) is 8.47. The van der Waals surface area contributed by atoms with Crippen LogP contribution in [0, 0.1) is 0 Å². The lowest BCUT2D eigenvalue weighted by Gasteiger charge is -2.19. The van der Waals surface area contributed by atoms with Crippen LogP contribution in [0.25, 0.3) is 5.83 Å². The number of pyridine rings is 1. The highest BCUT2D eigenvalue weighted by Gasteiger charge is 2.41. The van der Waals surface area contributed by atoms with Gasteiger partial charge in [0, 0.05) is 11.8 Å². The Morgan fingerprint density at radius 1 is 0.973 bits per heavy atom. The van der Waals surface area contributed by atoms with E-state index < -0.39 is 52.3 Å². The number of amides is 1. The van der Waals surface area contributed by atoms with Gasteiger partial charge < -0.3 is 0 Å². The standard InChI is InChI=1S/C23H13Cl3F7N3O/c24-17-7-12(8-18(25)20(17)26)15(22(28,29)30)9-19(27)11-3-4-14(16(6-11)23(31,32)33)21(37)36-35-13-2-1-5-34-10-13/h1-10,15,35H,(H,36,37). The van der Waals surface area contributed by atoms with Crippen LogP contribution in [-0.4, -0.2) is 17.1 Å². The number of hydrogen-bond acceptors (Lipinski definition) is 3. The Kier molecular flexibility index (Phi) is 8.61. The van der Waals surface area contributed by atoms with Crippen molar-refractivity contribution in [3.05, 3.63) is 98.3 Å². The van der Waals surface area contributed by atoms with Gasteiger partial charge in [0.05, 0.1) is 38.1 Å². The minimum atomic E-state index is -5.14. The number of alkyl halides is 6. The number of aromatic nitrogens is 1. The van der Waals surface area contributed by atoms with Crippen LogP contribution in [0.2, 0.25) is 15.1 Å². The van der Waals surface area contributed by atoms with Gasteiger partial charge in [-0.2, -0.15) is 26.3 Å². The minimum absolute atomic E-state index is 0.0785. The molecule has 1 heterocycles. The highest BCUT2D eigenvalue weighted by Crippen LogP contribution is 2.42. The number of carbonyl (C=O) groups is 1. The summed E-state index contributed by atoms with van der Waals surface area (Å²) in [5.74, 6) is -5.48.